The van der Waals surface area contributed by atoms with Gasteiger partial charge >= 0.3 is 0 Å². The second-order valence-electron chi connectivity index (χ2n) is 15.8. The first-order valence-electron chi connectivity index (χ1n) is 20.5. The van der Waals surface area contributed by atoms with Crippen LogP contribution in [0.15, 0.2) is 200 Å². The quantitative estimate of drug-likeness (QED) is 0.148. The van der Waals surface area contributed by atoms with E-state index in [1.54, 1.807) is 0 Å². The molecular weight excluding hydrogens is 717 g/mol. The molecule has 1 saturated heterocycles. The minimum absolute atomic E-state index is 0.128. The third kappa shape index (κ3) is 6.73. The van der Waals surface area contributed by atoms with Gasteiger partial charge in [-0.05, 0) is 137 Å². The van der Waals surface area contributed by atoms with Crippen LogP contribution in [0.2, 0.25) is 0 Å². The lowest BCUT2D eigenvalue weighted by atomic mass is 9.89. The van der Waals surface area contributed by atoms with Crippen LogP contribution in [0, 0.1) is 6.92 Å². The number of hydrogen-bond acceptors (Lipinski definition) is 4. The van der Waals surface area contributed by atoms with Crippen LogP contribution in [0.5, 0.6) is 0 Å². The van der Waals surface area contributed by atoms with Crippen molar-refractivity contribution in [2.45, 2.75) is 25.4 Å². The maximum atomic E-state index is 4.80. The summed E-state index contributed by atoms with van der Waals surface area (Å²) in [5.41, 5.74) is 11.4. The lowest BCUT2D eigenvalue weighted by Gasteiger charge is -2.40. The summed E-state index contributed by atoms with van der Waals surface area (Å²) in [7, 11) is 0. The van der Waals surface area contributed by atoms with E-state index in [4.69, 9.17) is 4.98 Å². The fourth-order valence-electron chi connectivity index (χ4n) is 8.97. The third-order valence-electron chi connectivity index (χ3n) is 12.0. The van der Waals surface area contributed by atoms with Gasteiger partial charge < -0.3 is 0 Å². The molecule has 2 atom stereocenters. The van der Waals surface area contributed by atoms with Crippen LogP contribution >= 0.6 is 0 Å². The van der Waals surface area contributed by atoms with Gasteiger partial charge in [-0.2, -0.15) is 0 Å². The lowest BCUT2D eigenvalue weighted by molar-refractivity contribution is 0.203. The maximum absolute atomic E-state index is 4.80. The van der Waals surface area contributed by atoms with Crippen molar-refractivity contribution in [3.8, 4) is 33.5 Å². The van der Waals surface area contributed by atoms with E-state index in [2.05, 4.69) is 210 Å². The van der Waals surface area contributed by atoms with Gasteiger partial charge in [-0.25, -0.2) is 0 Å². The first kappa shape index (κ1) is 35.2. The zero-order valence-electron chi connectivity index (χ0n) is 32.7. The number of aromatic nitrogens is 1. The second-order valence-corrected chi connectivity index (χ2v) is 15.8. The molecule has 59 heavy (non-hydrogen) atoms. The highest BCUT2D eigenvalue weighted by atomic mass is 15.4. The van der Waals surface area contributed by atoms with Gasteiger partial charge in [-0.1, -0.05) is 152 Å². The van der Waals surface area contributed by atoms with Crippen molar-refractivity contribution < 1.29 is 0 Å². The van der Waals surface area contributed by atoms with Crippen molar-refractivity contribution in [1.29, 1.82) is 0 Å². The highest BCUT2D eigenvalue weighted by Crippen LogP contribution is 2.39. The molecule has 3 N–H and O–H groups in total. The monoisotopic (exact) mass is 758 g/mol. The maximum Gasteiger partial charge on any atom is 0.0865 e. The Labute approximate surface area is 344 Å². The summed E-state index contributed by atoms with van der Waals surface area (Å²) < 4.78 is 0. The molecule has 282 valence electrons. The average Bonchev–Trinajstić information content (AvgIpc) is 3.30. The van der Waals surface area contributed by atoms with Crippen molar-refractivity contribution in [1.82, 2.24) is 20.9 Å². The number of hydrogen-bond donors (Lipinski definition) is 3. The highest BCUT2D eigenvalue weighted by Gasteiger charge is 2.30. The summed E-state index contributed by atoms with van der Waals surface area (Å²) in [6.45, 7) is 2.04. The summed E-state index contributed by atoms with van der Waals surface area (Å²) in [4.78, 5) is 4.80. The number of rotatable bonds is 6. The second kappa shape index (κ2) is 14.8. The first-order chi connectivity index (χ1) is 29.1. The van der Waals surface area contributed by atoms with E-state index in [0.29, 0.717) is 0 Å². The first-order valence-corrected chi connectivity index (χ1v) is 20.5. The zero-order valence-corrected chi connectivity index (χ0v) is 32.7. The molecule has 11 rings (SSSR count). The minimum Gasteiger partial charge on any atom is -0.279 e. The van der Waals surface area contributed by atoms with Gasteiger partial charge in [-0.15, -0.1) is 0 Å². The van der Waals surface area contributed by atoms with E-state index >= 15 is 0 Å². The van der Waals surface area contributed by atoms with Gasteiger partial charge in [-0.3, -0.25) is 20.9 Å². The van der Waals surface area contributed by atoms with E-state index in [1.165, 1.54) is 65.3 Å². The predicted molar refractivity (Wildman–Crippen MR) is 246 cm³/mol. The van der Waals surface area contributed by atoms with Crippen molar-refractivity contribution in [2.75, 3.05) is 0 Å². The van der Waals surface area contributed by atoms with Crippen LogP contribution in [0.3, 0.4) is 0 Å². The van der Waals surface area contributed by atoms with E-state index in [0.717, 1.165) is 33.6 Å². The number of fused-ring (bicyclic) bond motifs is 5. The fraction of sp³-hybridized carbons (Fsp3) is 0.0727. The molecule has 1 aliphatic rings. The Hall–Kier alpha value is -6.95. The molecule has 0 bridgehead atoms. The van der Waals surface area contributed by atoms with E-state index in [-0.39, 0.29) is 18.5 Å². The van der Waals surface area contributed by atoms with Gasteiger partial charge in [0.15, 0.2) is 0 Å². The standard InChI is InChI=1S/C55H42N4/c1-35-11-10-20-52(56-35)39-25-21-38(22-26-39)45-31-46(51-34-42-16-6-7-17-48(42)49-18-8-9-19-50(49)51)33-47(32-45)55-58-53(43-27-23-36-12-2-4-14-40(36)29-43)57-54(59-55)44-28-24-37-13-3-5-15-41(37)30-44/h2-34,53-55,57-59H,1H3. The van der Waals surface area contributed by atoms with Gasteiger partial charge in [0.2, 0.25) is 0 Å². The minimum atomic E-state index is -0.189. The summed E-state index contributed by atoms with van der Waals surface area (Å²) in [6, 6.07) is 72.9. The van der Waals surface area contributed by atoms with E-state index in [9.17, 15) is 0 Å². The average molecular weight is 759 g/mol. The smallest absolute Gasteiger partial charge is 0.0865 e. The number of nitrogens with zero attached hydrogens (tertiary/aromatic N) is 1. The Kier molecular flexibility index (Phi) is 8.82. The summed E-state index contributed by atoms with van der Waals surface area (Å²) in [5.74, 6) is 0. The normalized spacial score (nSPS) is 16.9. The Morgan fingerprint density at radius 3 is 1.51 bits per heavy atom. The van der Waals surface area contributed by atoms with Crippen LogP contribution in [-0.4, -0.2) is 4.98 Å². The highest BCUT2D eigenvalue weighted by molar-refractivity contribution is 6.14. The summed E-state index contributed by atoms with van der Waals surface area (Å²) in [6.07, 6.45) is -0.445. The molecular formula is C55H42N4. The number of pyridine rings is 1. The van der Waals surface area contributed by atoms with Gasteiger partial charge in [0, 0.05) is 11.3 Å². The molecule has 0 amide bonds. The van der Waals surface area contributed by atoms with Crippen LogP contribution in [0.4, 0.5) is 0 Å². The molecule has 0 saturated carbocycles. The van der Waals surface area contributed by atoms with E-state index in [1.807, 2.05) is 13.0 Å². The Morgan fingerprint density at radius 2 is 0.864 bits per heavy atom. The van der Waals surface area contributed by atoms with E-state index < -0.39 is 0 Å². The van der Waals surface area contributed by atoms with Crippen molar-refractivity contribution in [3.05, 3.63) is 223 Å². The molecule has 10 aromatic rings. The molecule has 9 aromatic carbocycles. The van der Waals surface area contributed by atoms with Gasteiger partial charge in [0.25, 0.3) is 0 Å². The summed E-state index contributed by atoms with van der Waals surface area (Å²) >= 11 is 0. The molecule has 4 nitrogen and oxygen atoms in total. The van der Waals surface area contributed by atoms with Crippen LogP contribution in [0.1, 0.15) is 40.9 Å². The van der Waals surface area contributed by atoms with Gasteiger partial charge in [0.1, 0.15) is 0 Å². The molecule has 2 heterocycles. The largest absolute Gasteiger partial charge is 0.279 e. The number of benzene rings is 9. The summed E-state index contributed by atoms with van der Waals surface area (Å²) in [5, 5.41) is 21.9. The molecule has 1 aliphatic heterocycles. The van der Waals surface area contributed by atoms with Crippen molar-refractivity contribution >= 4 is 43.1 Å². The van der Waals surface area contributed by atoms with Gasteiger partial charge in [0.05, 0.1) is 24.2 Å². The molecule has 0 spiro atoms. The molecule has 0 radical (unpaired) electrons. The van der Waals surface area contributed by atoms with Crippen LogP contribution in [0.25, 0.3) is 76.6 Å². The molecule has 2 unspecified atom stereocenters. The zero-order chi connectivity index (χ0) is 39.3. The topological polar surface area (TPSA) is 49.0 Å². The molecule has 1 fully saturated rings. The molecule has 0 aliphatic carbocycles. The van der Waals surface area contributed by atoms with Crippen LogP contribution < -0.4 is 16.0 Å². The Balaban J connectivity index is 1.08. The SMILES string of the molecule is Cc1cccc(-c2ccc(-c3cc(-c4cc5ccccc5c5ccccc45)cc(C4NC(c5ccc6ccccc6c5)NC(c5ccc6ccccc6c5)N4)c3)cc2)n1. The Morgan fingerprint density at radius 1 is 0.339 bits per heavy atom. The predicted octanol–water partition coefficient (Wildman–Crippen LogP) is 13.2. The number of nitrogens with one attached hydrogen (secondary N) is 3. The molecule has 1 aromatic heterocycles. The number of aryl methyl sites for hydroxylation is 1. The third-order valence-corrected chi connectivity index (χ3v) is 12.0. The molecule has 4 heteroatoms. The van der Waals surface area contributed by atoms with Crippen molar-refractivity contribution in [2.24, 2.45) is 0 Å². The fourth-order valence-corrected chi connectivity index (χ4v) is 8.97. The van der Waals surface area contributed by atoms with Crippen LogP contribution in [-0.2, 0) is 0 Å². The Bertz CT molecular complexity index is 3100. The lowest BCUT2D eigenvalue weighted by Crippen LogP contribution is -2.54. The van der Waals surface area contributed by atoms with Crippen molar-refractivity contribution in [3.63, 3.8) is 0 Å².